The summed E-state index contributed by atoms with van der Waals surface area (Å²) in [6, 6.07) is 16.2. The van der Waals surface area contributed by atoms with E-state index in [4.69, 9.17) is 10.5 Å². The van der Waals surface area contributed by atoms with Gasteiger partial charge in [-0.1, -0.05) is 36.4 Å². The van der Waals surface area contributed by atoms with E-state index in [1.807, 2.05) is 47.4 Å². The molecule has 0 spiro atoms. The number of nitrogens with two attached hydrogens (primary N) is 1. The molecular weight excluding hydrogens is 479 g/mol. The summed E-state index contributed by atoms with van der Waals surface area (Å²) >= 11 is 0. The Morgan fingerprint density at radius 2 is 2.00 bits per heavy atom. The smallest absolute Gasteiger partial charge is 0.227 e. The van der Waals surface area contributed by atoms with E-state index in [0.29, 0.717) is 32.0 Å². The van der Waals surface area contributed by atoms with Gasteiger partial charge in [0.2, 0.25) is 5.91 Å². The van der Waals surface area contributed by atoms with Crippen LogP contribution in [0.5, 0.6) is 5.75 Å². The summed E-state index contributed by atoms with van der Waals surface area (Å²) in [6.07, 6.45) is 2.94. The highest BCUT2D eigenvalue weighted by Gasteiger charge is 2.23. The molecule has 154 valence electrons. The summed E-state index contributed by atoms with van der Waals surface area (Å²) < 4.78 is 5.67. The number of nitrogens with one attached hydrogen (secondary N) is 1. The Morgan fingerprint density at radius 1 is 1.21 bits per heavy atom. The van der Waals surface area contributed by atoms with Crippen molar-refractivity contribution >= 4 is 41.5 Å². The van der Waals surface area contributed by atoms with Crippen molar-refractivity contribution in [3.63, 3.8) is 0 Å². The Balaban J connectivity index is 0.00000240. The molecule has 0 bridgehead atoms. The fourth-order valence-corrected chi connectivity index (χ4v) is 3.88. The summed E-state index contributed by atoms with van der Waals surface area (Å²) in [5, 5.41) is 3.28. The number of carbonyl (C=O) groups excluding carboxylic acids is 1. The fourth-order valence-electron chi connectivity index (χ4n) is 3.88. The highest BCUT2D eigenvalue weighted by molar-refractivity contribution is 14.0. The van der Waals surface area contributed by atoms with Crippen LogP contribution in [0.25, 0.3) is 0 Å². The van der Waals surface area contributed by atoms with Crippen molar-refractivity contribution in [1.29, 1.82) is 0 Å². The molecule has 6 nitrogen and oxygen atoms in total. The molecule has 4 rings (SSSR count). The minimum absolute atomic E-state index is 0. The number of aliphatic imine (C=N–C) groups is 1. The third-order valence-corrected chi connectivity index (χ3v) is 5.30. The lowest BCUT2D eigenvalue weighted by Gasteiger charge is -2.26. The second kappa shape index (κ2) is 9.96. The molecule has 2 heterocycles. The Labute approximate surface area is 188 Å². The first-order valence-electron chi connectivity index (χ1n) is 9.89. The van der Waals surface area contributed by atoms with Crippen molar-refractivity contribution in [2.24, 2.45) is 10.7 Å². The molecule has 1 amide bonds. The van der Waals surface area contributed by atoms with E-state index in [1.54, 1.807) is 0 Å². The maximum Gasteiger partial charge on any atom is 0.227 e. The van der Waals surface area contributed by atoms with Crippen LogP contribution in [0, 0.1) is 0 Å². The minimum atomic E-state index is 0. The first kappa shape index (κ1) is 21.4. The van der Waals surface area contributed by atoms with Gasteiger partial charge in [0.1, 0.15) is 5.75 Å². The number of hydrogen-bond acceptors (Lipinski definition) is 3. The Hall–Kier alpha value is -2.29. The second-order valence-electron chi connectivity index (χ2n) is 7.17. The highest BCUT2D eigenvalue weighted by Crippen LogP contribution is 2.31. The van der Waals surface area contributed by atoms with Gasteiger partial charge in [-0.15, -0.1) is 24.0 Å². The molecule has 29 heavy (non-hydrogen) atoms. The van der Waals surface area contributed by atoms with Crippen molar-refractivity contribution in [1.82, 2.24) is 5.32 Å². The first-order valence-corrected chi connectivity index (χ1v) is 9.89. The van der Waals surface area contributed by atoms with Gasteiger partial charge >= 0.3 is 0 Å². The number of rotatable bonds is 5. The van der Waals surface area contributed by atoms with Crippen molar-refractivity contribution in [3.05, 3.63) is 59.7 Å². The molecule has 2 aliphatic heterocycles. The van der Waals surface area contributed by atoms with E-state index >= 15 is 0 Å². The van der Waals surface area contributed by atoms with Gasteiger partial charge in [0.25, 0.3) is 0 Å². The molecule has 0 radical (unpaired) electrons. The first-order chi connectivity index (χ1) is 13.7. The van der Waals surface area contributed by atoms with Crippen LogP contribution in [0.4, 0.5) is 5.69 Å². The number of fused-ring (bicyclic) bond motifs is 2. The van der Waals surface area contributed by atoms with Gasteiger partial charge < -0.3 is 20.7 Å². The van der Waals surface area contributed by atoms with Gasteiger partial charge in [0.05, 0.1) is 12.6 Å². The molecular formula is C22H27IN4O2. The van der Waals surface area contributed by atoms with Crippen molar-refractivity contribution in [2.45, 2.75) is 31.7 Å². The van der Waals surface area contributed by atoms with Crippen LogP contribution in [0.1, 0.15) is 36.4 Å². The zero-order chi connectivity index (χ0) is 19.3. The number of hydrogen-bond donors (Lipinski definition) is 2. The van der Waals surface area contributed by atoms with E-state index < -0.39 is 0 Å². The Kier molecular flexibility index (Phi) is 7.35. The number of guanidine groups is 1. The van der Waals surface area contributed by atoms with Crippen molar-refractivity contribution < 1.29 is 9.53 Å². The summed E-state index contributed by atoms with van der Waals surface area (Å²) in [5.74, 6) is 1.47. The molecule has 1 atom stereocenters. The van der Waals surface area contributed by atoms with Crippen LogP contribution in [-0.4, -0.2) is 31.6 Å². The van der Waals surface area contributed by atoms with Gasteiger partial charge in [-0.2, -0.15) is 0 Å². The summed E-state index contributed by atoms with van der Waals surface area (Å²) in [5.41, 5.74) is 9.47. The lowest BCUT2D eigenvalue weighted by atomic mass is 10.0. The number of ether oxygens (including phenoxy) is 1. The monoisotopic (exact) mass is 506 g/mol. The molecule has 0 saturated heterocycles. The molecule has 1 unspecified atom stereocenters. The predicted molar refractivity (Wildman–Crippen MR) is 126 cm³/mol. The number of para-hydroxylation sites is 2. The summed E-state index contributed by atoms with van der Waals surface area (Å²) in [4.78, 5) is 18.8. The van der Waals surface area contributed by atoms with Gasteiger partial charge in [0.15, 0.2) is 5.96 Å². The second-order valence-corrected chi connectivity index (χ2v) is 7.17. The molecule has 0 saturated carbocycles. The zero-order valence-electron chi connectivity index (χ0n) is 16.3. The number of carbonyl (C=O) groups is 1. The number of amides is 1. The normalized spacial score (nSPS) is 17.6. The highest BCUT2D eigenvalue weighted by atomic mass is 127. The van der Waals surface area contributed by atoms with Gasteiger partial charge in [-0.05, 0) is 30.5 Å². The molecule has 0 fully saturated rings. The Bertz CT molecular complexity index is 887. The summed E-state index contributed by atoms with van der Waals surface area (Å²) in [6.45, 7) is 1.97. The van der Waals surface area contributed by atoms with Crippen LogP contribution in [0.15, 0.2) is 53.5 Å². The molecule has 0 aliphatic carbocycles. The van der Waals surface area contributed by atoms with E-state index in [-0.39, 0.29) is 35.9 Å². The molecule has 7 heteroatoms. The van der Waals surface area contributed by atoms with Gasteiger partial charge in [-0.25, -0.2) is 0 Å². The third kappa shape index (κ3) is 5.01. The molecule has 0 aromatic heterocycles. The standard InChI is InChI=1S/C22H26N4O2.HI/c23-22(25-18-12-15-28-20-9-4-2-7-17(18)20)24-13-5-10-21(27)26-14-11-16-6-1-3-8-19(16)26;/h1-4,6-9,18H,5,10-15H2,(H3,23,24,25);1H. The van der Waals surface area contributed by atoms with Gasteiger partial charge in [-0.3, -0.25) is 9.79 Å². The molecule has 2 aromatic rings. The van der Waals surface area contributed by atoms with Crippen molar-refractivity contribution in [2.75, 3.05) is 24.6 Å². The largest absolute Gasteiger partial charge is 0.493 e. The van der Waals surface area contributed by atoms with Gasteiger partial charge in [0, 0.05) is 37.2 Å². The quantitative estimate of drug-likeness (QED) is 0.282. The molecule has 2 aliphatic rings. The molecule has 3 N–H and O–H groups in total. The average Bonchev–Trinajstić information content (AvgIpc) is 3.16. The Morgan fingerprint density at radius 3 is 2.90 bits per heavy atom. The van der Waals surface area contributed by atoms with Crippen LogP contribution in [0.2, 0.25) is 0 Å². The van der Waals surface area contributed by atoms with Crippen LogP contribution >= 0.6 is 24.0 Å². The van der Waals surface area contributed by atoms with Crippen LogP contribution in [0.3, 0.4) is 0 Å². The summed E-state index contributed by atoms with van der Waals surface area (Å²) in [7, 11) is 0. The molecule has 2 aromatic carbocycles. The number of benzene rings is 2. The topological polar surface area (TPSA) is 80.0 Å². The lowest BCUT2D eigenvalue weighted by molar-refractivity contribution is -0.118. The third-order valence-electron chi connectivity index (χ3n) is 5.30. The van der Waals surface area contributed by atoms with E-state index in [2.05, 4.69) is 16.4 Å². The van der Waals surface area contributed by atoms with Crippen molar-refractivity contribution in [3.8, 4) is 5.75 Å². The minimum Gasteiger partial charge on any atom is -0.493 e. The number of halogens is 1. The number of nitrogens with zero attached hydrogens (tertiary/aromatic N) is 2. The maximum atomic E-state index is 12.5. The average molecular weight is 506 g/mol. The number of anilines is 1. The van der Waals surface area contributed by atoms with Crippen LogP contribution < -0.4 is 20.7 Å². The van der Waals surface area contributed by atoms with Crippen LogP contribution in [-0.2, 0) is 11.2 Å². The fraction of sp³-hybridized carbons (Fsp3) is 0.364. The lowest BCUT2D eigenvalue weighted by Crippen LogP contribution is -2.37. The predicted octanol–water partition coefficient (Wildman–Crippen LogP) is 3.40. The van der Waals surface area contributed by atoms with E-state index in [1.165, 1.54) is 5.56 Å². The zero-order valence-corrected chi connectivity index (χ0v) is 18.7. The van der Waals surface area contributed by atoms with E-state index in [9.17, 15) is 4.79 Å². The maximum absolute atomic E-state index is 12.5. The SMILES string of the molecule is I.NC(=NCCCC(=O)N1CCc2ccccc21)NC1CCOc2ccccc21. The van der Waals surface area contributed by atoms with E-state index in [0.717, 1.165) is 36.4 Å².